The van der Waals surface area contributed by atoms with E-state index in [1.54, 1.807) is 0 Å². The van der Waals surface area contributed by atoms with E-state index in [0.29, 0.717) is 0 Å². The first-order valence-corrected chi connectivity index (χ1v) is 3.79. The summed E-state index contributed by atoms with van der Waals surface area (Å²) in [7, 11) is 0. The minimum Gasteiger partial charge on any atom is -0.399 e. The second-order valence-corrected chi connectivity index (χ2v) is 3.08. The van der Waals surface area contributed by atoms with Crippen LogP contribution in [0.2, 0.25) is 0 Å². The standard InChI is InChI=1S/C6H15N7O/c7-1-2(8)4(10)6(12,14-13)5(11)3(1)9/h4H,7-13H2. The summed E-state index contributed by atoms with van der Waals surface area (Å²) < 4.78 is 0. The third-order valence-corrected chi connectivity index (χ3v) is 2.30. The van der Waals surface area contributed by atoms with Crippen LogP contribution in [0.3, 0.4) is 0 Å². The van der Waals surface area contributed by atoms with Gasteiger partial charge in [0.25, 0.3) is 0 Å². The first kappa shape index (κ1) is 10.6. The summed E-state index contributed by atoms with van der Waals surface area (Å²) in [5, 5.41) is 0. The molecule has 80 valence electrons. The Kier molecular flexibility index (Phi) is 2.29. The molecule has 0 aromatic heterocycles. The Morgan fingerprint density at radius 2 is 1.57 bits per heavy atom. The minimum atomic E-state index is -1.61. The molecule has 1 rings (SSSR count). The first-order chi connectivity index (χ1) is 6.36. The maximum Gasteiger partial charge on any atom is 0.200 e. The molecule has 0 aliphatic heterocycles. The van der Waals surface area contributed by atoms with Gasteiger partial charge in [-0.15, -0.1) is 0 Å². The zero-order chi connectivity index (χ0) is 11.1. The van der Waals surface area contributed by atoms with E-state index < -0.39 is 11.8 Å². The van der Waals surface area contributed by atoms with Crippen molar-refractivity contribution in [3.05, 3.63) is 22.8 Å². The monoisotopic (exact) mass is 201 g/mol. The van der Waals surface area contributed by atoms with Crippen LogP contribution < -0.4 is 40.3 Å². The molecule has 1 aliphatic rings. The van der Waals surface area contributed by atoms with Crippen LogP contribution in [0.25, 0.3) is 0 Å². The van der Waals surface area contributed by atoms with Crippen molar-refractivity contribution in [1.82, 2.24) is 0 Å². The lowest BCUT2D eigenvalue weighted by molar-refractivity contribution is -0.0294. The third kappa shape index (κ3) is 1.09. The summed E-state index contributed by atoms with van der Waals surface area (Å²) in [5.74, 6) is 4.99. The van der Waals surface area contributed by atoms with Gasteiger partial charge in [0, 0.05) is 0 Å². The van der Waals surface area contributed by atoms with Crippen LogP contribution in [0.4, 0.5) is 0 Å². The van der Waals surface area contributed by atoms with Crippen molar-refractivity contribution in [2.75, 3.05) is 0 Å². The Morgan fingerprint density at radius 1 is 1.07 bits per heavy atom. The largest absolute Gasteiger partial charge is 0.399 e. The molecule has 14 heavy (non-hydrogen) atoms. The maximum atomic E-state index is 5.68. The van der Waals surface area contributed by atoms with Gasteiger partial charge in [-0.3, -0.25) is 10.6 Å². The van der Waals surface area contributed by atoms with E-state index >= 15 is 0 Å². The van der Waals surface area contributed by atoms with Crippen molar-refractivity contribution in [1.29, 1.82) is 0 Å². The van der Waals surface area contributed by atoms with E-state index in [0.717, 1.165) is 0 Å². The van der Waals surface area contributed by atoms with E-state index in [9.17, 15) is 0 Å². The van der Waals surface area contributed by atoms with Crippen LogP contribution in [-0.2, 0) is 4.84 Å². The third-order valence-electron chi connectivity index (χ3n) is 2.30. The molecule has 0 aromatic rings. The van der Waals surface area contributed by atoms with E-state index in [1.165, 1.54) is 0 Å². The molecule has 0 saturated heterocycles. The molecule has 0 fully saturated rings. The molecule has 0 saturated carbocycles. The quantitative estimate of drug-likeness (QED) is 0.165. The molecule has 14 N–H and O–H groups in total. The van der Waals surface area contributed by atoms with Gasteiger partial charge in [0.1, 0.15) is 0 Å². The molecular weight excluding hydrogens is 186 g/mol. The van der Waals surface area contributed by atoms with Gasteiger partial charge < -0.3 is 28.7 Å². The average Bonchev–Trinajstić information content (AvgIpc) is 2.21. The normalized spacial score (nSPS) is 33.8. The van der Waals surface area contributed by atoms with Crippen LogP contribution in [0.1, 0.15) is 0 Å². The average molecular weight is 201 g/mol. The molecule has 8 heteroatoms. The number of nitrogens with two attached hydrogens (primary N) is 7. The van der Waals surface area contributed by atoms with Crippen molar-refractivity contribution in [2.24, 2.45) is 40.3 Å². The SMILES string of the molecule is NOC1(N)C(N)=C(N)C(N)=C(N)C1N. The molecule has 0 radical (unpaired) electrons. The summed E-state index contributed by atoms with van der Waals surface area (Å²) in [6, 6.07) is -0.931. The molecule has 0 spiro atoms. The molecule has 0 bridgehead atoms. The van der Waals surface area contributed by atoms with Crippen molar-refractivity contribution in [3.63, 3.8) is 0 Å². The molecule has 2 unspecified atom stereocenters. The Morgan fingerprint density at radius 3 is 2.00 bits per heavy atom. The van der Waals surface area contributed by atoms with E-state index in [4.69, 9.17) is 40.3 Å². The van der Waals surface area contributed by atoms with Crippen molar-refractivity contribution in [3.8, 4) is 0 Å². The van der Waals surface area contributed by atoms with Crippen molar-refractivity contribution < 1.29 is 4.84 Å². The fourth-order valence-corrected chi connectivity index (χ4v) is 1.21. The van der Waals surface area contributed by atoms with Gasteiger partial charge >= 0.3 is 0 Å². The molecule has 1 aliphatic carbocycles. The fraction of sp³-hybridized carbons (Fsp3) is 0.333. The molecule has 0 amide bonds. The summed E-state index contributed by atoms with van der Waals surface area (Å²) >= 11 is 0. The topological polar surface area (TPSA) is 191 Å². The molecule has 2 atom stereocenters. The van der Waals surface area contributed by atoms with Crippen molar-refractivity contribution >= 4 is 0 Å². The zero-order valence-corrected chi connectivity index (χ0v) is 7.53. The number of hydrogen-bond acceptors (Lipinski definition) is 8. The van der Waals surface area contributed by atoms with E-state index in [2.05, 4.69) is 4.84 Å². The Balaban J connectivity index is 3.33. The predicted octanol–water partition coefficient (Wildman–Crippen LogP) is -3.87. The van der Waals surface area contributed by atoms with Crippen LogP contribution in [0.15, 0.2) is 22.8 Å². The van der Waals surface area contributed by atoms with Gasteiger partial charge in [-0.25, -0.2) is 5.90 Å². The lowest BCUT2D eigenvalue weighted by Gasteiger charge is -2.37. The summed E-state index contributed by atoms with van der Waals surface area (Å²) in [4.78, 5) is 4.51. The van der Waals surface area contributed by atoms with Crippen LogP contribution in [0.5, 0.6) is 0 Å². The van der Waals surface area contributed by atoms with Crippen LogP contribution in [0, 0.1) is 0 Å². The highest BCUT2D eigenvalue weighted by Gasteiger charge is 2.44. The lowest BCUT2D eigenvalue weighted by atomic mass is 9.90. The number of hydrogen-bond donors (Lipinski definition) is 7. The van der Waals surface area contributed by atoms with Crippen LogP contribution >= 0.6 is 0 Å². The predicted molar refractivity (Wildman–Crippen MR) is 51.0 cm³/mol. The van der Waals surface area contributed by atoms with Crippen LogP contribution in [-0.4, -0.2) is 11.8 Å². The van der Waals surface area contributed by atoms with Gasteiger partial charge in [0.2, 0.25) is 0 Å². The smallest absolute Gasteiger partial charge is 0.200 e. The summed E-state index contributed by atoms with van der Waals surface area (Å²) in [5.41, 5.74) is 32.2. The maximum absolute atomic E-state index is 5.68. The zero-order valence-electron chi connectivity index (χ0n) is 7.53. The summed E-state index contributed by atoms with van der Waals surface area (Å²) in [6.07, 6.45) is 0. The summed E-state index contributed by atoms with van der Waals surface area (Å²) in [6.45, 7) is 0. The van der Waals surface area contributed by atoms with Gasteiger partial charge in [-0.1, -0.05) is 0 Å². The van der Waals surface area contributed by atoms with E-state index in [-0.39, 0.29) is 22.8 Å². The first-order valence-electron chi connectivity index (χ1n) is 3.79. The highest BCUT2D eigenvalue weighted by atomic mass is 16.6. The second-order valence-electron chi connectivity index (χ2n) is 3.08. The molecule has 0 aromatic carbocycles. The van der Waals surface area contributed by atoms with E-state index in [1.807, 2.05) is 0 Å². The highest BCUT2D eigenvalue weighted by molar-refractivity contribution is 5.44. The van der Waals surface area contributed by atoms with Crippen molar-refractivity contribution in [2.45, 2.75) is 11.8 Å². The molecule has 8 nitrogen and oxygen atoms in total. The highest BCUT2D eigenvalue weighted by Crippen LogP contribution is 2.25. The molecule has 0 heterocycles. The van der Waals surface area contributed by atoms with Gasteiger partial charge in [-0.05, 0) is 0 Å². The Bertz CT molecular complexity index is 322. The minimum absolute atomic E-state index is 0.0285. The lowest BCUT2D eigenvalue weighted by Crippen LogP contribution is -2.66. The fourth-order valence-electron chi connectivity index (χ4n) is 1.21. The number of rotatable bonds is 1. The Labute approximate surface area is 80.6 Å². The second kappa shape index (κ2) is 3.03. The molecular formula is C6H15N7O. The van der Waals surface area contributed by atoms with Gasteiger partial charge in [0.15, 0.2) is 5.72 Å². The van der Waals surface area contributed by atoms with Gasteiger partial charge in [-0.2, -0.15) is 0 Å². The Hall–Kier alpha value is -1.48. The van der Waals surface area contributed by atoms with Gasteiger partial charge in [0.05, 0.1) is 28.8 Å².